The van der Waals surface area contributed by atoms with Gasteiger partial charge in [-0.1, -0.05) is 60.8 Å². The third-order valence-electron chi connectivity index (χ3n) is 7.01. The molecule has 2 aliphatic rings. The molecule has 7 nitrogen and oxygen atoms in total. The van der Waals surface area contributed by atoms with Crippen LogP contribution in [0.4, 0.5) is 0 Å². The lowest BCUT2D eigenvalue weighted by molar-refractivity contribution is -0.170. The van der Waals surface area contributed by atoms with Crippen LogP contribution in [0.2, 0.25) is 10.0 Å². The number of piperidine rings is 1. The Labute approximate surface area is 220 Å². The zero-order valence-corrected chi connectivity index (χ0v) is 21.6. The normalized spacial score (nSPS) is 21.9. The van der Waals surface area contributed by atoms with E-state index < -0.39 is 30.1 Å². The summed E-state index contributed by atoms with van der Waals surface area (Å²) in [5.41, 5.74) is 1.66. The van der Waals surface area contributed by atoms with Gasteiger partial charge >= 0.3 is 5.97 Å². The predicted molar refractivity (Wildman–Crippen MR) is 137 cm³/mol. The van der Waals surface area contributed by atoms with Crippen molar-refractivity contribution in [2.45, 2.75) is 50.8 Å². The molecule has 9 heteroatoms. The number of amides is 2. The van der Waals surface area contributed by atoms with Gasteiger partial charge in [0.25, 0.3) is 0 Å². The molecule has 3 atom stereocenters. The van der Waals surface area contributed by atoms with Crippen molar-refractivity contribution in [2.24, 2.45) is 5.92 Å². The number of rotatable bonds is 7. The number of carboxylic acids is 1. The highest BCUT2D eigenvalue weighted by Crippen LogP contribution is 2.42. The maximum Gasteiger partial charge on any atom is 0.306 e. The summed E-state index contributed by atoms with van der Waals surface area (Å²) in [6, 6.07) is 13.3. The Morgan fingerprint density at radius 3 is 2.08 bits per heavy atom. The van der Waals surface area contributed by atoms with Gasteiger partial charge < -0.3 is 19.6 Å². The van der Waals surface area contributed by atoms with E-state index in [0.717, 1.165) is 11.1 Å². The van der Waals surface area contributed by atoms with Gasteiger partial charge in [-0.15, -0.1) is 0 Å². The van der Waals surface area contributed by atoms with Crippen LogP contribution >= 0.6 is 23.2 Å². The second-order valence-electron chi connectivity index (χ2n) is 9.32. The number of aliphatic carboxylic acids is 1. The molecule has 192 valence electrons. The fraction of sp³-hybridized carbons (Fsp3) is 0.444. The van der Waals surface area contributed by atoms with Crippen molar-refractivity contribution in [2.75, 3.05) is 19.7 Å². The molecule has 0 radical (unpaired) electrons. The molecule has 0 spiro atoms. The molecule has 36 heavy (non-hydrogen) atoms. The van der Waals surface area contributed by atoms with Gasteiger partial charge in [-0.3, -0.25) is 14.4 Å². The number of ether oxygens (including phenoxy) is 1. The fourth-order valence-electron chi connectivity index (χ4n) is 5.13. The smallest absolute Gasteiger partial charge is 0.306 e. The highest BCUT2D eigenvalue weighted by Gasteiger charge is 2.45. The minimum Gasteiger partial charge on any atom is -0.481 e. The second kappa shape index (κ2) is 11.6. The number of benzene rings is 2. The van der Waals surface area contributed by atoms with Crippen LogP contribution < -0.4 is 0 Å². The van der Waals surface area contributed by atoms with Crippen LogP contribution in [0.15, 0.2) is 48.5 Å². The molecule has 0 aromatic heterocycles. The number of nitrogens with zero attached hydrogens (tertiary/aromatic N) is 2. The van der Waals surface area contributed by atoms with E-state index in [2.05, 4.69) is 0 Å². The fourth-order valence-corrected chi connectivity index (χ4v) is 5.39. The summed E-state index contributed by atoms with van der Waals surface area (Å²) >= 11 is 12.3. The lowest BCUT2D eigenvalue weighted by Crippen LogP contribution is -2.57. The quantitative estimate of drug-likeness (QED) is 0.534. The van der Waals surface area contributed by atoms with Crippen LogP contribution in [0.25, 0.3) is 0 Å². The largest absolute Gasteiger partial charge is 0.481 e. The van der Waals surface area contributed by atoms with Crippen molar-refractivity contribution < 1.29 is 24.2 Å². The molecule has 1 N–H and O–H groups in total. The highest BCUT2D eigenvalue weighted by molar-refractivity contribution is 6.30. The van der Waals surface area contributed by atoms with Crippen molar-refractivity contribution in [3.8, 4) is 0 Å². The Balaban J connectivity index is 1.71. The summed E-state index contributed by atoms with van der Waals surface area (Å²) < 4.78 is 6.08. The first-order chi connectivity index (χ1) is 17.3. The van der Waals surface area contributed by atoms with E-state index in [0.29, 0.717) is 48.8 Å². The van der Waals surface area contributed by atoms with E-state index in [-0.39, 0.29) is 18.4 Å². The van der Waals surface area contributed by atoms with Gasteiger partial charge in [0.2, 0.25) is 11.8 Å². The van der Waals surface area contributed by atoms with Crippen LogP contribution in [0.3, 0.4) is 0 Å². The van der Waals surface area contributed by atoms with Gasteiger partial charge in [0, 0.05) is 23.1 Å². The number of hydrogen-bond acceptors (Lipinski definition) is 4. The van der Waals surface area contributed by atoms with Crippen molar-refractivity contribution in [3.63, 3.8) is 0 Å². The van der Waals surface area contributed by atoms with Gasteiger partial charge in [0.05, 0.1) is 12.0 Å². The SMILES string of the molecule is CCC[C@@H](C(=O)N1CCC(C(=O)O)CC1)N1C(=O)CO[C@H](c2ccc(Cl)cc2)[C@@H]1c1ccc(Cl)cc1. The number of carbonyl (C=O) groups is 3. The minimum atomic E-state index is -0.829. The monoisotopic (exact) mass is 532 g/mol. The molecule has 0 saturated carbocycles. The van der Waals surface area contributed by atoms with Gasteiger partial charge in [0.1, 0.15) is 18.8 Å². The lowest BCUT2D eigenvalue weighted by Gasteiger charge is -2.46. The van der Waals surface area contributed by atoms with Crippen LogP contribution in [0, 0.1) is 5.92 Å². The Bertz CT molecular complexity index is 1080. The van der Waals surface area contributed by atoms with Crippen LogP contribution in [0.1, 0.15) is 55.9 Å². The maximum absolute atomic E-state index is 13.8. The molecular formula is C27H30Cl2N2O5. The lowest BCUT2D eigenvalue weighted by atomic mass is 9.90. The van der Waals surface area contributed by atoms with E-state index in [4.69, 9.17) is 27.9 Å². The minimum absolute atomic E-state index is 0.147. The zero-order valence-electron chi connectivity index (χ0n) is 20.1. The molecule has 2 aromatic rings. The first-order valence-electron chi connectivity index (χ1n) is 12.3. The topological polar surface area (TPSA) is 87.2 Å². The van der Waals surface area contributed by atoms with Crippen LogP contribution in [0.5, 0.6) is 0 Å². The van der Waals surface area contributed by atoms with Crippen molar-refractivity contribution >= 4 is 41.0 Å². The molecule has 0 bridgehead atoms. The molecule has 4 rings (SSSR count). The first-order valence-corrected chi connectivity index (χ1v) is 13.0. The average molecular weight is 533 g/mol. The Morgan fingerprint density at radius 1 is 1.00 bits per heavy atom. The van der Waals surface area contributed by atoms with Gasteiger partial charge in [-0.25, -0.2) is 0 Å². The molecule has 2 aliphatic heterocycles. The molecule has 2 saturated heterocycles. The van der Waals surface area contributed by atoms with E-state index in [1.54, 1.807) is 34.1 Å². The molecule has 2 amide bonds. The molecule has 0 unspecified atom stereocenters. The third-order valence-corrected chi connectivity index (χ3v) is 7.51. The van der Waals surface area contributed by atoms with Crippen molar-refractivity contribution in [1.82, 2.24) is 9.80 Å². The van der Waals surface area contributed by atoms with Crippen molar-refractivity contribution in [3.05, 3.63) is 69.7 Å². The summed E-state index contributed by atoms with van der Waals surface area (Å²) in [7, 11) is 0. The van der Waals surface area contributed by atoms with E-state index in [9.17, 15) is 19.5 Å². The van der Waals surface area contributed by atoms with Gasteiger partial charge in [-0.05, 0) is 54.7 Å². The maximum atomic E-state index is 13.8. The number of carboxylic acid groups (broad SMARTS) is 1. The van der Waals surface area contributed by atoms with Gasteiger partial charge in [0.15, 0.2) is 0 Å². The summed E-state index contributed by atoms with van der Waals surface area (Å²) in [6.07, 6.45) is 1.49. The first kappa shape index (κ1) is 26.5. The molecule has 2 fully saturated rings. The summed E-state index contributed by atoms with van der Waals surface area (Å²) in [6.45, 7) is 2.56. The van der Waals surface area contributed by atoms with E-state index in [1.165, 1.54) is 0 Å². The average Bonchev–Trinajstić information content (AvgIpc) is 2.88. The molecular weight excluding hydrogens is 503 g/mol. The summed E-state index contributed by atoms with van der Waals surface area (Å²) in [5.74, 6) is -1.68. The number of likely N-dealkylation sites (tertiary alicyclic amines) is 1. The Hall–Kier alpha value is -2.61. The summed E-state index contributed by atoms with van der Waals surface area (Å²) in [4.78, 5) is 42.0. The Kier molecular flexibility index (Phi) is 8.54. The van der Waals surface area contributed by atoms with Gasteiger partial charge in [-0.2, -0.15) is 0 Å². The number of hydrogen-bond donors (Lipinski definition) is 1. The summed E-state index contributed by atoms with van der Waals surface area (Å²) in [5, 5.41) is 10.5. The van der Waals surface area contributed by atoms with Crippen molar-refractivity contribution in [1.29, 1.82) is 0 Å². The standard InChI is InChI=1S/C27H30Cl2N2O5/c1-2-3-22(26(33)30-14-12-19(13-15-30)27(34)35)31-23(32)16-36-25(18-6-10-21(29)11-7-18)24(31)17-4-8-20(28)9-5-17/h4-11,19,22,24-25H,2-3,12-16H2,1H3,(H,34,35)/t22-,24-,25+/m0/s1. The number of morpholine rings is 1. The second-order valence-corrected chi connectivity index (χ2v) is 10.2. The van der Waals surface area contributed by atoms with E-state index >= 15 is 0 Å². The Morgan fingerprint density at radius 2 is 1.56 bits per heavy atom. The van der Waals surface area contributed by atoms with Crippen LogP contribution in [-0.4, -0.2) is 58.4 Å². The van der Waals surface area contributed by atoms with Crippen LogP contribution in [-0.2, 0) is 19.1 Å². The third kappa shape index (κ3) is 5.69. The zero-order chi connectivity index (χ0) is 25.8. The number of carbonyl (C=O) groups excluding carboxylic acids is 2. The van der Waals surface area contributed by atoms with E-state index in [1.807, 2.05) is 31.2 Å². The molecule has 2 heterocycles. The number of halogens is 2. The predicted octanol–water partition coefficient (Wildman–Crippen LogP) is 5.13. The highest BCUT2D eigenvalue weighted by atomic mass is 35.5. The molecule has 0 aliphatic carbocycles. The molecule has 2 aromatic carbocycles.